The maximum atomic E-state index is 11.3. The van der Waals surface area contributed by atoms with Crippen LogP contribution in [0.15, 0.2) is 36.5 Å². The van der Waals surface area contributed by atoms with Crippen LogP contribution in [-0.4, -0.2) is 22.2 Å². The summed E-state index contributed by atoms with van der Waals surface area (Å²) < 4.78 is 5.46. The maximum absolute atomic E-state index is 11.3. The van der Waals surface area contributed by atoms with Crippen LogP contribution in [0.5, 0.6) is 11.5 Å². The second-order valence-electron chi connectivity index (χ2n) is 4.19. The van der Waals surface area contributed by atoms with E-state index in [-0.39, 0.29) is 29.5 Å². The Kier molecular flexibility index (Phi) is 4.10. The average molecular weight is 271 g/mol. The van der Waals surface area contributed by atoms with E-state index >= 15 is 0 Å². The van der Waals surface area contributed by atoms with E-state index in [1.165, 1.54) is 19.2 Å². The second kappa shape index (κ2) is 5.97. The number of aromatic nitrogens is 1. The highest BCUT2D eigenvalue weighted by Gasteiger charge is 2.09. The molecule has 1 aromatic carbocycles. The van der Waals surface area contributed by atoms with Gasteiger partial charge in [-0.25, -0.2) is 0 Å². The maximum Gasteiger partial charge on any atom is 0.159 e. The van der Waals surface area contributed by atoms with Crippen molar-refractivity contribution in [2.45, 2.75) is 13.5 Å². The molecule has 20 heavy (non-hydrogen) atoms. The van der Waals surface area contributed by atoms with E-state index in [1.807, 2.05) is 0 Å². The van der Waals surface area contributed by atoms with Crippen molar-refractivity contribution in [3.63, 3.8) is 0 Å². The lowest BCUT2D eigenvalue weighted by Gasteiger charge is -2.09. The lowest BCUT2D eigenvalue weighted by Crippen LogP contribution is -2.02. The Hall–Kier alpha value is -2.69. The van der Waals surface area contributed by atoms with Crippen molar-refractivity contribution in [3.8, 4) is 11.5 Å². The molecule has 5 nitrogen and oxygen atoms in total. The number of rotatable bonds is 5. The van der Waals surface area contributed by atoms with Gasteiger partial charge in [0.15, 0.2) is 12.1 Å². The second-order valence-corrected chi connectivity index (χ2v) is 4.19. The molecule has 0 spiro atoms. The molecule has 0 atom stereocenters. The highest BCUT2D eigenvalue weighted by Crippen LogP contribution is 2.26. The van der Waals surface area contributed by atoms with Crippen molar-refractivity contribution in [2.75, 3.05) is 0 Å². The fourth-order valence-corrected chi connectivity index (χ4v) is 1.70. The van der Waals surface area contributed by atoms with Gasteiger partial charge in [0.1, 0.15) is 18.1 Å². The van der Waals surface area contributed by atoms with Crippen LogP contribution in [0.3, 0.4) is 0 Å². The standard InChI is InChI=1S/C15H13NO4/c1-10(18)11-5-6-16-12(7-11)9-20-15-4-2-3-14(19)13(15)8-17/h2-8,19H,9H2,1H3. The monoisotopic (exact) mass is 271 g/mol. The Morgan fingerprint density at radius 3 is 2.90 bits per heavy atom. The molecule has 0 radical (unpaired) electrons. The van der Waals surface area contributed by atoms with Gasteiger partial charge in [-0.15, -0.1) is 0 Å². The molecule has 2 aromatic rings. The summed E-state index contributed by atoms with van der Waals surface area (Å²) in [5, 5.41) is 9.53. The molecule has 0 aliphatic heterocycles. The van der Waals surface area contributed by atoms with E-state index in [2.05, 4.69) is 4.98 Å². The van der Waals surface area contributed by atoms with Gasteiger partial charge in [-0.05, 0) is 31.2 Å². The first kappa shape index (κ1) is 13.7. The van der Waals surface area contributed by atoms with Crippen molar-refractivity contribution in [3.05, 3.63) is 53.3 Å². The van der Waals surface area contributed by atoms with Gasteiger partial charge in [0.05, 0.1) is 11.3 Å². The van der Waals surface area contributed by atoms with Crippen LogP contribution < -0.4 is 4.74 Å². The Bertz CT molecular complexity index is 652. The van der Waals surface area contributed by atoms with E-state index in [0.717, 1.165) is 0 Å². The van der Waals surface area contributed by atoms with Gasteiger partial charge in [-0.1, -0.05) is 6.07 Å². The predicted molar refractivity (Wildman–Crippen MR) is 72.1 cm³/mol. The van der Waals surface area contributed by atoms with Crippen molar-refractivity contribution in [2.24, 2.45) is 0 Å². The van der Waals surface area contributed by atoms with E-state index < -0.39 is 0 Å². The lowest BCUT2D eigenvalue weighted by molar-refractivity contribution is 0.101. The molecule has 1 heterocycles. The largest absolute Gasteiger partial charge is 0.507 e. The van der Waals surface area contributed by atoms with Crippen molar-refractivity contribution < 1.29 is 19.4 Å². The van der Waals surface area contributed by atoms with E-state index in [0.29, 0.717) is 17.5 Å². The first-order valence-electron chi connectivity index (χ1n) is 5.97. The molecule has 0 fully saturated rings. The molecule has 0 unspecified atom stereocenters. The van der Waals surface area contributed by atoms with E-state index in [4.69, 9.17) is 4.74 Å². The number of carbonyl (C=O) groups is 2. The third kappa shape index (κ3) is 3.00. The number of hydrogen-bond donors (Lipinski definition) is 1. The fourth-order valence-electron chi connectivity index (χ4n) is 1.70. The molecule has 0 aliphatic rings. The van der Waals surface area contributed by atoms with E-state index in [9.17, 15) is 14.7 Å². The summed E-state index contributed by atoms with van der Waals surface area (Å²) in [5.74, 6) is 0.0811. The smallest absolute Gasteiger partial charge is 0.159 e. The number of Topliss-reactive ketones (excluding diaryl/α,β-unsaturated/α-hetero) is 1. The van der Waals surface area contributed by atoms with Crippen LogP contribution >= 0.6 is 0 Å². The number of ether oxygens (including phenoxy) is 1. The first-order chi connectivity index (χ1) is 9.61. The number of phenols is 1. The molecule has 0 amide bonds. The van der Waals surface area contributed by atoms with Gasteiger partial charge in [0, 0.05) is 11.8 Å². The highest BCUT2D eigenvalue weighted by atomic mass is 16.5. The number of carbonyl (C=O) groups excluding carboxylic acids is 2. The third-order valence-electron chi connectivity index (χ3n) is 2.76. The predicted octanol–water partition coefficient (Wildman–Crippen LogP) is 2.38. The first-order valence-corrected chi connectivity index (χ1v) is 5.97. The molecule has 0 aliphatic carbocycles. The van der Waals surface area contributed by atoms with Crippen LogP contribution in [0.4, 0.5) is 0 Å². The number of benzene rings is 1. The van der Waals surface area contributed by atoms with Crippen LogP contribution in [0, 0.1) is 0 Å². The molecule has 0 bridgehead atoms. The molecule has 102 valence electrons. The Morgan fingerprint density at radius 1 is 1.40 bits per heavy atom. The Balaban J connectivity index is 2.17. The number of nitrogens with zero attached hydrogens (tertiary/aromatic N) is 1. The van der Waals surface area contributed by atoms with Gasteiger partial charge >= 0.3 is 0 Å². The minimum absolute atomic E-state index is 0.0559. The van der Waals surface area contributed by atoms with Crippen LogP contribution in [0.25, 0.3) is 0 Å². The summed E-state index contributed by atoms with van der Waals surface area (Å²) in [4.78, 5) is 26.3. The Labute approximate surface area is 115 Å². The average Bonchev–Trinajstić information content (AvgIpc) is 2.45. The van der Waals surface area contributed by atoms with Crippen molar-refractivity contribution in [1.82, 2.24) is 4.98 Å². The summed E-state index contributed by atoms with van der Waals surface area (Å²) >= 11 is 0. The van der Waals surface area contributed by atoms with Gasteiger partial charge in [0.25, 0.3) is 0 Å². The molecule has 1 aromatic heterocycles. The number of aldehydes is 1. The minimum Gasteiger partial charge on any atom is -0.507 e. The Morgan fingerprint density at radius 2 is 2.20 bits per heavy atom. The van der Waals surface area contributed by atoms with E-state index in [1.54, 1.807) is 24.3 Å². The number of hydrogen-bond acceptors (Lipinski definition) is 5. The fraction of sp³-hybridized carbons (Fsp3) is 0.133. The van der Waals surface area contributed by atoms with Gasteiger partial charge in [0.2, 0.25) is 0 Å². The summed E-state index contributed by atoms with van der Waals surface area (Å²) in [7, 11) is 0. The van der Waals surface area contributed by atoms with Crippen molar-refractivity contribution in [1.29, 1.82) is 0 Å². The zero-order valence-electron chi connectivity index (χ0n) is 10.9. The number of ketones is 1. The zero-order valence-corrected chi connectivity index (χ0v) is 10.9. The molecule has 0 saturated carbocycles. The van der Waals surface area contributed by atoms with Crippen LogP contribution in [-0.2, 0) is 6.61 Å². The summed E-state index contributed by atoms with van der Waals surface area (Å²) in [6.45, 7) is 1.57. The lowest BCUT2D eigenvalue weighted by atomic mass is 10.1. The molecule has 5 heteroatoms. The summed E-state index contributed by atoms with van der Waals surface area (Å²) in [6.07, 6.45) is 2.06. The van der Waals surface area contributed by atoms with Gasteiger partial charge in [-0.2, -0.15) is 0 Å². The minimum atomic E-state index is -0.136. The van der Waals surface area contributed by atoms with Gasteiger partial charge < -0.3 is 9.84 Å². The summed E-state index contributed by atoms with van der Waals surface area (Å²) in [6, 6.07) is 7.82. The van der Waals surface area contributed by atoms with Crippen LogP contribution in [0.1, 0.15) is 33.3 Å². The summed E-state index contributed by atoms with van der Waals surface area (Å²) in [5.41, 5.74) is 1.21. The van der Waals surface area contributed by atoms with Gasteiger partial charge in [-0.3, -0.25) is 14.6 Å². The third-order valence-corrected chi connectivity index (χ3v) is 2.76. The van der Waals surface area contributed by atoms with Crippen molar-refractivity contribution >= 4 is 12.1 Å². The highest BCUT2D eigenvalue weighted by molar-refractivity contribution is 5.94. The number of aromatic hydroxyl groups is 1. The topological polar surface area (TPSA) is 76.5 Å². The molecule has 1 N–H and O–H groups in total. The molecular weight excluding hydrogens is 258 g/mol. The normalized spacial score (nSPS) is 10.1. The molecular formula is C15H13NO4. The zero-order chi connectivity index (χ0) is 14.5. The quantitative estimate of drug-likeness (QED) is 0.667. The van der Waals surface area contributed by atoms with Crippen LogP contribution in [0.2, 0.25) is 0 Å². The SMILES string of the molecule is CC(=O)c1ccnc(COc2cccc(O)c2C=O)c1. The number of pyridine rings is 1. The molecule has 2 rings (SSSR count). The molecule has 0 saturated heterocycles. The number of phenolic OH excluding ortho intramolecular Hbond substituents is 1.